The lowest BCUT2D eigenvalue weighted by Crippen LogP contribution is -2.41. The second kappa shape index (κ2) is 5.85. The minimum absolute atomic E-state index is 0.271. The van der Waals surface area contributed by atoms with Gasteiger partial charge in [0.05, 0.1) is 0 Å². The van der Waals surface area contributed by atoms with E-state index in [0.29, 0.717) is 18.0 Å². The summed E-state index contributed by atoms with van der Waals surface area (Å²) in [6.45, 7) is 3.16. The molecule has 3 heteroatoms. The van der Waals surface area contributed by atoms with Gasteiger partial charge in [-0.15, -0.1) is 0 Å². The van der Waals surface area contributed by atoms with Crippen LogP contribution in [-0.4, -0.2) is 29.4 Å². The van der Waals surface area contributed by atoms with Crippen LogP contribution in [0.25, 0.3) is 0 Å². The van der Waals surface area contributed by atoms with Crippen LogP contribution in [-0.2, 0) is 4.79 Å². The zero-order valence-electron chi connectivity index (χ0n) is 11.0. The van der Waals surface area contributed by atoms with Crippen molar-refractivity contribution in [2.24, 2.45) is 11.7 Å². The van der Waals surface area contributed by atoms with Crippen molar-refractivity contribution in [3.05, 3.63) is 0 Å². The Morgan fingerprint density at radius 2 is 1.82 bits per heavy atom. The monoisotopic (exact) mass is 238 g/mol. The van der Waals surface area contributed by atoms with Gasteiger partial charge < -0.3 is 10.6 Å². The number of hydrogen-bond donors (Lipinski definition) is 1. The minimum Gasteiger partial charge on any atom is -0.339 e. The maximum atomic E-state index is 12.5. The number of nitrogens with two attached hydrogens (primary N) is 1. The van der Waals surface area contributed by atoms with E-state index in [2.05, 4.69) is 11.8 Å². The van der Waals surface area contributed by atoms with Gasteiger partial charge in [-0.1, -0.05) is 13.3 Å². The third-order valence-corrected chi connectivity index (χ3v) is 4.14. The third-order valence-electron chi connectivity index (χ3n) is 4.14. The summed E-state index contributed by atoms with van der Waals surface area (Å²) in [7, 11) is 0. The lowest BCUT2D eigenvalue weighted by Gasteiger charge is -2.31. The van der Waals surface area contributed by atoms with Crippen LogP contribution in [0.4, 0.5) is 0 Å². The van der Waals surface area contributed by atoms with E-state index in [4.69, 9.17) is 5.73 Å². The van der Waals surface area contributed by atoms with Gasteiger partial charge in [-0.05, 0) is 44.9 Å². The van der Waals surface area contributed by atoms with Crippen molar-refractivity contribution in [3.63, 3.8) is 0 Å². The van der Waals surface area contributed by atoms with Gasteiger partial charge in [0.2, 0.25) is 5.91 Å². The van der Waals surface area contributed by atoms with Gasteiger partial charge in [0.1, 0.15) is 0 Å². The van der Waals surface area contributed by atoms with Crippen molar-refractivity contribution < 1.29 is 4.79 Å². The molecule has 2 fully saturated rings. The fourth-order valence-corrected chi connectivity index (χ4v) is 2.79. The molecule has 2 aliphatic rings. The highest BCUT2D eigenvalue weighted by Gasteiger charge is 2.36. The van der Waals surface area contributed by atoms with E-state index >= 15 is 0 Å². The van der Waals surface area contributed by atoms with E-state index in [1.165, 1.54) is 19.3 Å². The van der Waals surface area contributed by atoms with E-state index in [1.807, 2.05) is 0 Å². The standard InChI is InChI=1S/C14H26N2O/c1-2-3-10-16(13-8-9-13)14(17)11-4-6-12(15)7-5-11/h11-13H,2-10,15H2,1H3. The fourth-order valence-electron chi connectivity index (χ4n) is 2.79. The predicted molar refractivity (Wildman–Crippen MR) is 69.6 cm³/mol. The normalized spacial score (nSPS) is 29.1. The van der Waals surface area contributed by atoms with Crippen molar-refractivity contribution >= 4 is 5.91 Å². The molecule has 0 spiro atoms. The van der Waals surface area contributed by atoms with Crippen molar-refractivity contribution in [1.29, 1.82) is 0 Å². The van der Waals surface area contributed by atoms with Gasteiger partial charge in [-0.25, -0.2) is 0 Å². The van der Waals surface area contributed by atoms with Crippen LogP contribution in [0.2, 0.25) is 0 Å². The third kappa shape index (κ3) is 3.44. The quantitative estimate of drug-likeness (QED) is 0.799. The Hall–Kier alpha value is -0.570. The molecule has 0 radical (unpaired) electrons. The van der Waals surface area contributed by atoms with E-state index in [0.717, 1.165) is 38.6 Å². The zero-order valence-corrected chi connectivity index (χ0v) is 11.0. The van der Waals surface area contributed by atoms with Crippen LogP contribution in [0.1, 0.15) is 58.3 Å². The summed E-state index contributed by atoms with van der Waals surface area (Å²) < 4.78 is 0. The van der Waals surface area contributed by atoms with E-state index in [-0.39, 0.29) is 5.92 Å². The Balaban J connectivity index is 1.86. The first-order chi connectivity index (χ1) is 8.22. The average molecular weight is 238 g/mol. The summed E-state index contributed by atoms with van der Waals surface area (Å²) in [5.41, 5.74) is 5.90. The van der Waals surface area contributed by atoms with Gasteiger partial charge in [-0.3, -0.25) is 4.79 Å². The summed E-state index contributed by atoms with van der Waals surface area (Å²) >= 11 is 0. The van der Waals surface area contributed by atoms with Crippen LogP contribution >= 0.6 is 0 Å². The van der Waals surface area contributed by atoms with Crippen LogP contribution in [0.5, 0.6) is 0 Å². The number of rotatable bonds is 5. The molecule has 17 heavy (non-hydrogen) atoms. The van der Waals surface area contributed by atoms with Crippen LogP contribution in [0.15, 0.2) is 0 Å². The average Bonchev–Trinajstić information content (AvgIpc) is 3.14. The molecule has 0 aromatic heterocycles. The smallest absolute Gasteiger partial charge is 0.225 e. The summed E-state index contributed by atoms with van der Waals surface area (Å²) in [6, 6.07) is 0.911. The first kappa shape index (κ1) is 12.9. The summed E-state index contributed by atoms with van der Waals surface area (Å²) in [6.07, 6.45) is 8.85. The van der Waals surface area contributed by atoms with Crippen LogP contribution in [0, 0.1) is 5.92 Å². The Labute approximate surface area is 105 Å². The molecular weight excluding hydrogens is 212 g/mol. The molecule has 0 aliphatic heterocycles. The molecule has 2 saturated carbocycles. The largest absolute Gasteiger partial charge is 0.339 e. The van der Waals surface area contributed by atoms with Crippen molar-refractivity contribution in [3.8, 4) is 0 Å². The molecule has 2 rings (SSSR count). The van der Waals surface area contributed by atoms with Gasteiger partial charge in [0.25, 0.3) is 0 Å². The lowest BCUT2D eigenvalue weighted by atomic mass is 9.85. The van der Waals surface area contributed by atoms with Crippen molar-refractivity contribution in [2.45, 2.75) is 70.4 Å². The summed E-state index contributed by atoms with van der Waals surface area (Å²) in [5.74, 6) is 0.695. The highest BCUT2D eigenvalue weighted by Crippen LogP contribution is 2.32. The zero-order chi connectivity index (χ0) is 12.3. The second-order valence-electron chi connectivity index (χ2n) is 5.73. The summed E-state index contributed by atoms with van der Waals surface area (Å²) in [4.78, 5) is 14.6. The molecule has 0 saturated heterocycles. The molecular formula is C14H26N2O. The molecule has 0 bridgehead atoms. The number of carbonyl (C=O) groups is 1. The number of nitrogens with zero attached hydrogens (tertiary/aromatic N) is 1. The molecule has 1 amide bonds. The SMILES string of the molecule is CCCCN(C(=O)C1CCC(N)CC1)C1CC1. The minimum atomic E-state index is 0.271. The van der Waals surface area contributed by atoms with Gasteiger partial charge in [-0.2, -0.15) is 0 Å². The number of hydrogen-bond acceptors (Lipinski definition) is 2. The van der Waals surface area contributed by atoms with E-state index in [9.17, 15) is 4.79 Å². The Kier molecular flexibility index (Phi) is 4.43. The Morgan fingerprint density at radius 3 is 2.35 bits per heavy atom. The van der Waals surface area contributed by atoms with Gasteiger partial charge in [0, 0.05) is 24.5 Å². The second-order valence-corrected chi connectivity index (χ2v) is 5.73. The lowest BCUT2D eigenvalue weighted by molar-refractivity contribution is -0.137. The fraction of sp³-hybridized carbons (Fsp3) is 0.929. The summed E-state index contributed by atoms with van der Waals surface area (Å²) in [5, 5.41) is 0. The van der Waals surface area contributed by atoms with E-state index in [1.54, 1.807) is 0 Å². The number of carbonyl (C=O) groups excluding carboxylic acids is 1. The van der Waals surface area contributed by atoms with Crippen LogP contribution < -0.4 is 5.73 Å². The maximum absolute atomic E-state index is 12.5. The molecule has 0 aromatic carbocycles. The topological polar surface area (TPSA) is 46.3 Å². The molecule has 2 N–H and O–H groups in total. The molecule has 0 unspecified atom stereocenters. The molecule has 0 aromatic rings. The van der Waals surface area contributed by atoms with Gasteiger partial charge >= 0.3 is 0 Å². The first-order valence-electron chi connectivity index (χ1n) is 7.28. The van der Waals surface area contributed by atoms with Crippen LogP contribution in [0.3, 0.4) is 0 Å². The van der Waals surface area contributed by atoms with E-state index < -0.39 is 0 Å². The van der Waals surface area contributed by atoms with Gasteiger partial charge in [0.15, 0.2) is 0 Å². The highest BCUT2D eigenvalue weighted by atomic mass is 16.2. The molecule has 3 nitrogen and oxygen atoms in total. The first-order valence-corrected chi connectivity index (χ1v) is 7.28. The Morgan fingerprint density at radius 1 is 1.18 bits per heavy atom. The number of unbranched alkanes of at least 4 members (excludes halogenated alkanes) is 1. The van der Waals surface area contributed by atoms with Crippen molar-refractivity contribution in [1.82, 2.24) is 4.90 Å². The molecule has 0 atom stereocenters. The van der Waals surface area contributed by atoms with Crippen molar-refractivity contribution in [2.75, 3.05) is 6.54 Å². The number of amides is 1. The molecule has 98 valence electrons. The highest BCUT2D eigenvalue weighted by molar-refractivity contribution is 5.79. The molecule has 0 heterocycles. The maximum Gasteiger partial charge on any atom is 0.225 e. The molecule has 2 aliphatic carbocycles. The Bertz CT molecular complexity index is 255. The predicted octanol–water partition coefficient (Wildman–Crippen LogP) is 2.29.